The number of nitrogens with zero attached hydrogens (tertiary/aromatic N) is 3. The number of anilines is 1. The SMILES string of the molecule is Cc1cccc(N2C(=S)N[C@@H](c3ccccn3)[C@@H]2c2cc(C)n(-c3cc(C(=O)O)ccc3C)c2C)c1. The lowest BCUT2D eigenvalue weighted by atomic mass is 9.96. The van der Waals surface area contributed by atoms with Crippen molar-refractivity contribution < 1.29 is 9.90 Å². The van der Waals surface area contributed by atoms with Crippen molar-refractivity contribution in [1.82, 2.24) is 14.9 Å². The van der Waals surface area contributed by atoms with Crippen LogP contribution in [0, 0.1) is 27.7 Å². The highest BCUT2D eigenvalue weighted by Crippen LogP contribution is 2.44. The number of carboxylic acid groups (broad SMARTS) is 1. The fourth-order valence-corrected chi connectivity index (χ4v) is 5.51. The van der Waals surface area contributed by atoms with E-state index in [1.807, 2.05) is 37.3 Å². The summed E-state index contributed by atoms with van der Waals surface area (Å²) in [4.78, 5) is 18.5. The molecule has 0 aliphatic carbocycles. The quantitative estimate of drug-likeness (QED) is 0.331. The third-order valence-electron chi connectivity index (χ3n) is 6.86. The molecule has 1 saturated heterocycles. The lowest BCUT2D eigenvalue weighted by Gasteiger charge is -2.28. The van der Waals surface area contributed by atoms with Crippen molar-refractivity contribution in [1.29, 1.82) is 0 Å². The molecule has 0 saturated carbocycles. The first-order valence-corrected chi connectivity index (χ1v) is 12.3. The van der Waals surface area contributed by atoms with Crippen molar-refractivity contribution in [3.05, 3.63) is 112 Å². The summed E-state index contributed by atoms with van der Waals surface area (Å²) in [7, 11) is 0. The van der Waals surface area contributed by atoms with Gasteiger partial charge in [-0.3, -0.25) is 4.98 Å². The molecular weight excluding hydrogens is 468 g/mol. The van der Waals surface area contributed by atoms with Gasteiger partial charge in [0, 0.05) is 29.0 Å². The number of aromatic carboxylic acids is 1. The fraction of sp³-hybridized carbons (Fsp3) is 0.207. The van der Waals surface area contributed by atoms with Gasteiger partial charge in [-0.25, -0.2) is 4.79 Å². The molecule has 2 N–H and O–H groups in total. The van der Waals surface area contributed by atoms with Gasteiger partial charge in [0.1, 0.15) is 0 Å². The average molecular weight is 497 g/mol. The van der Waals surface area contributed by atoms with E-state index in [1.165, 1.54) is 0 Å². The highest BCUT2D eigenvalue weighted by atomic mass is 32.1. The number of thiocarbonyl (C=S) groups is 1. The molecule has 0 radical (unpaired) electrons. The minimum atomic E-state index is -0.940. The topological polar surface area (TPSA) is 70.4 Å². The summed E-state index contributed by atoms with van der Waals surface area (Å²) < 4.78 is 2.14. The number of hydrogen-bond acceptors (Lipinski definition) is 3. The van der Waals surface area contributed by atoms with Crippen LogP contribution in [0.3, 0.4) is 0 Å². The number of pyridine rings is 1. The van der Waals surface area contributed by atoms with E-state index in [0.717, 1.165) is 45.1 Å². The molecule has 36 heavy (non-hydrogen) atoms. The van der Waals surface area contributed by atoms with Crippen LogP contribution >= 0.6 is 12.2 Å². The Bertz CT molecular complexity index is 1480. The molecule has 6 nitrogen and oxygen atoms in total. The maximum Gasteiger partial charge on any atom is 0.335 e. The molecule has 0 bridgehead atoms. The second kappa shape index (κ2) is 9.24. The lowest BCUT2D eigenvalue weighted by molar-refractivity contribution is 0.0697. The Morgan fingerprint density at radius 3 is 2.50 bits per heavy atom. The van der Waals surface area contributed by atoms with Crippen molar-refractivity contribution in [3.63, 3.8) is 0 Å². The number of aryl methyl sites for hydroxylation is 3. The summed E-state index contributed by atoms with van der Waals surface area (Å²) in [5, 5.41) is 13.8. The lowest BCUT2D eigenvalue weighted by Crippen LogP contribution is -2.29. The van der Waals surface area contributed by atoms with Crippen molar-refractivity contribution in [2.24, 2.45) is 0 Å². The number of nitrogens with one attached hydrogen (secondary N) is 1. The normalized spacial score (nSPS) is 17.3. The predicted octanol–water partition coefficient (Wildman–Crippen LogP) is 5.98. The number of hydrogen-bond donors (Lipinski definition) is 2. The Morgan fingerprint density at radius 1 is 1.00 bits per heavy atom. The maximum absolute atomic E-state index is 11.7. The summed E-state index contributed by atoms with van der Waals surface area (Å²) in [5.41, 5.74) is 8.38. The first-order chi connectivity index (χ1) is 17.3. The number of aromatic nitrogens is 2. The highest BCUT2D eigenvalue weighted by molar-refractivity contribution is 7.80. The van der Waals surface area contributed by atoms with Crippen LogP contribution in [-0.2, 0) is 0 Å². The second-order valence-corrected chi connectivity index (χ2v) is 9.69. The van der Waals surface area contributed by atoms with Crippen LogP contribution in [0.5, 0.6) is 0 Å². The van der Waals surface area contributed by atoms with E-state index in [2.05, 4.69) is 64.8 Å². The molecule has 0 spiro atoms. The molecular formula is C29H28N4O2S. The van der Waals surface area contributed by atoms with Crippen LogP contribution in [0.2, 0.25) is 0 Å². The summed E-state index contributed by atoms with van der Waals surface area (Å²) in [5.74, 6) is -0.940. The zero-order valence-electron chi connectivity index (χ0n) is 20.7. The monoisotopic (exact) mass is 496 g/mol. The summed E-state index contributed by atoms with van der Waals surface area (Å²) >= 11 is 5.88. The molecule has 7 heteroatoms. The van der Waals surface area contributed by atoms with Crippen LogP contribution < -0.4 is 10.2 Å². The van der Waals surface area contributed by atoms with Gasteiger partial charge in [0.25, 0.3) is 0 Å². The van der Waals surface area contributed by atoms with Crippen molar-refractivity contribution in [2.45, 2.75) is 39.8 Å². The molecule has 3 heterocycles. The van der Waals surface area contributed by atoms with E-state index in [1.54, 1.807) is 18.3 Å². The van der Waals surface area contributed by atoms with E-state index in [-0.39, 0.29) is 17.6 Å². The van der Waals surface area contributed by atoms with Crippen molar-refractivity contribution in [3.8, 4) is 5.69 Å². The van der Waals surface area contributed by atoms with E-state index >= 15 is 0 Å². The number of benzene rings is 2. The molecule has 2 aromatic carbocycles. The largest absolute Gasteiger partial charge is 0.478 e. The van der Waals surface area contributed by atoms with Gasteiger partial charge in [0.15, 0.2) is 5.11 Å². The molecule has 0 unspecified atom stereocenters. The number of carboxylic acids is 1. The Morgan fingerprint density at radius 2 is 1.81 bits per heavy atom. The molecule has 0 amide bonds. The number of rotatable bonds is 5. The van der Waals surface area contributed by atoms with E-state index in [4.69, 9.17) is 12.2 Å². The molecule has 5 rings (SSSR count). The Kier molecular flexibility index (Phi) is 6.10. The van der Waals surface area contributed by atoms with E-state index in [9.17, 15) is 9.90 Å². The van der Waals surface area contributed by atoms with Crippen molar-refractivity contribution in [2.75, 3.05) is 4.90 Å². The van der Waals surface area contributed by atoms with Gasteiger partial charge in [0.2, 0.25) is 0 Å². The highest BCUT2D eigenvalue weighted by Gasteiger charge is 2.42. The summed E-state index contributed by atoms with van der Waals surface area (Å²) in [6.45, 7) is 8.21. The van der Waals surface area contributed by atoms with Crippen LogP contribution in [0.15, 0.2) is 72.9 Å². The third kappa shape index (κ3) is 4.05. The zero-order valence-corrected chi connectivity index (χ0v) is 21.5. The molecule has 2 atom stereocenters. The summed E-state index contributed by atoms with van der Waals surface area (Å²) in [6, 6.07) is 21.4. The standard InChI is InChI=1S/C29H28N4O2S/c1-17-8-7-9-22(14-17)33-27(26(31-29(33)36)24-10-5-6-13-30-24)23-15-19(3)32(20(23)4)25-16-21(28(34)35)12-11-18(25)2/h5-16,26-27H,1-4H3,(H,31,36)(H,34,35)/t26-,27-/m0/s1. The molecule has 1 aliphatic rings. The third-order valence-corrected chi connectivity index (χ3v) is 7.18. The van der Waals surface area contributed by atoms with Crippen LogP contribution in [-0.4, -0.2) is 25.7 Å². The fourth-order valence-electron chi connectivity index (χ4n) is 5.17. The molecule has 2 aromatic heterocycles. The summed E-state index contributed by atoms with van der Waals surface area (Å²) in [6.07, 6.45) is 1.80. The minimum absolute atomic E-state index is 0.142. The van der Waals surface area contributed by atoms with Gasteiger partial charge in [-0.05, 0) is 99.1 Å². The van der Waals surface area contributed by atoms with Crippen LogP contribution in [0.25, 0.3) is 5.69 Å². The van der Waals surface area contributed by atoms with Gasteiger partial charge >= 0.3 is 5.97 Å². The van der Waals surface area contributed by atoms with Gasteiger partial charge in [-0.1, -0.05) is 24.3 Å². The molecule has 1 fully saturated rings. The Hall–Kier alpha value is -3.97. The maximum atomic E-state index is 11.7. The van der Waals surface area contributed by atoms with Crippen LogP contribution in [0.1, 0.15) is 56.2 Å². The van der Waals surface area contributed by atoms with E-state index < -0.39 is 5.97 Å². The van der Waals surface area contributed by atoms with Gasteiger partial charge in [-0.2, -0.15) is 0 Å². The van der Waals surface area contributed by atoms with E-state index in [0.29, 0.717) is 5.11 Å². The van der Waals surface area contributed by atoms with Crippen LogP contribution in [0.4, 0.5) is 5.69 Å². The van der Waals surface area contributed by atoms with Gasteiger partial charge < -0.3 is 19.9 Å². The average Bonchev–Trinajstić information content (AvgIpc) is 3.35. The van der Waals surface area contributed by atoms with Crippen molar-refractivity contribution >= 4 is 29.0 Å². The number of carbonyl (C=O) groups is 1. The Labute approximate surface area is 216 Å². The minimum Gasteiger partial charge on any atom is -0.478 e. The van der Waals surface area contributed by atoms with Gasteiger partial charge in [0.05, 0.1) is 23.3 Å². The smallest absolute Gasteiger partial charge is 0.335 e. The second-order valence-electron chi connectivity index (χ2n) is 9.30. The Balaban J connectivity index is 1.70. The van der Waals surface area contributed by atoms with Gasteiger partial charge in [-0.15, -0.1) is 0 Å². The first kappa shape index (κ1) is 23.8. The zero-order chi connectivity index (χ0) is 25.6. The predicted molar refractivity (Wildman–Crippen MR) is 146 cm³/mol. The molecule has 182 valence electrons. The first-order valence-electron chi connectivity index (χ1n) is 11.9. The molecule has 4 aromatic rings. The molecule has 1 aliphatic heterocycles.